The predicted molar refractivity (Wildman–Crippen MR) is 135 cm³/mol. The Morgan fingerprint density at radius 2 is 1.80 bits per heavy atom. The van der Waals surface area contributed by atoms with E-state index >= 15 is 0 Å². The van der Waals surface area contributed by atoms with Crippen molar-refractivity contribution in [1.29, 1.82) is 0 Å². The number of piperazine rings is 1. The van der Waals surface area contributed by atoms with Crippen LogP contribution in [0.15, 0.2) is 27.9 Å². The third-order valence-corrected chi connectivity index (χ3v) is 8.55. The molecule has 0 radical (unpaired) electrons. The van der Waals surface area contributed by atoms with Gasteiger partial charge in [0.15, 0.2) is 11.3 Å². The highest BCUT2D eigenvalue weighted by Gasteiger charge is 2.29. The number of aromatic nitrogens is 4. The van der Waals surface area contributed by atoms with Gasteiger partial charge in [0.1, 0.15) is 11.6 Å². The number of ether oxygens (including phenoxy) is 1. The SMILES string of the molecule is CCOc1ccc(S(=O)(=O)N2CCN(C)CC2)cc1-c1nn2c(C(CC)CC)nc(C)c2c(=O)[nH]1. The number of rotatable bonds is 8. The third-order valence-electron chi connectivity index (χ3n) is 6.66. The van der Waals surface area contributed by atoms with Gasteiger partial charge in [0.2, 0.25) is 10.0 Å². The van der Waals surface area contributed by atoms with Crippen molar-refractivity contribution >= 4 is 15.5 Å². The minimum absolute atomic E-state index is 0.144. The largest absolute Gasteiger partial charge is 0.493 e. The van der Waals surface area contributed by atoms with Crippen LogP contribution in [0.2, 0.25) is 0 Å². The summed E-state index contributed by atoms with van der Waals surface area (Å²) in [6, 6.07) is 4.73. The maximum Gasteiger partial charge on any atom is 0.277 e. The van der Waals surface area contributed by atoms with Crippen molar-refractivity contribution in [1.82, 2.24) is 28.8 Å². The van der Waals surface area contributed by atoms with Crippen molar-refractivity contribution in [3.63, 3.8) is 0 Å². The van der Waals surface area contributed by atoms with Crippen molar-refractivity contribution in [3.05, 3.63) is 40.1 Å². The van der Waals surface area contributed by atoms with Crippen LogP contribution < -0.4 is 10.3 Å². The standard InChI is InChI=1S/C24H34N6O4S/c1-6-17(7-2)23-25-16(4)21-24(31)26-22(27-30(21)23)19-15-18(9-10-20(19)34-8-3)35(32,33)29-13-11-28(5)12-14-29/h9-10,15,17H,6-8,11-14H2,1-5H3,(H,26,27,31). The number of H-pyrrole nitrogens is 1. The Hall–Kier alpha value is -2.76. The second kappa shape index (κ2) is 10.1. The van der Waals surface area contributed by atoms with E-state index in [0.29, 0.717) is 55.3 Å². The number of hydrogen-bond acceptors (Lipinski definition) is 7. The summed E-state index contributed by atoms with van der Waals surface area (Å²) in [7, 11) is -1.74. The van der Waals surface area contributed by atoms with Crippen molar-refractivity contribution in [2.24, 2.45) is 0 Å². The summed E-state index contributed by atoms with van der Waals surface area (Å²) in [5.74, 6) is 1.57. The lowest BCUT2D eigenvalue weighted by molar-refractivity contribution is 0.222. The normalized spacial score (nSPS) is 15.8. The Morgan fingerprint density at radius 3 is 2.43 bits per heavy atom. The summed E-state index contributed by atoms with van der Waals surface area (Å²) in [4.78, 5) is 22.8. The smallest absolute Gasteiger partial charge is 0.277 e. The lowest BCUT2D eigenvalue weighted by Crippen LogP contribution is -2.47. The molecule has 0 saturated carbocycles. The highest BCUT2D eigenvalue weighted by molar-refractivity contribution is 7.89. The quantitative estimate of drug-likeness (QED) is 0.504. The van der Waals surface area contributed by atoms with Crippen LogP contribution in [0.5, 0.6) is 5.75 Å². The van der Waals surface area contributed by atoms with E-state index in [9.17, 15) is 13.2 Å². The van der Waals surface area contributed by atoms with Gasteiger partial charge in [0, 0.05) is 32.1 Å². The number of likely N-dealkylation sites (N-methyl/N-ethyl adjacent to an activating group) is 1. The van der Waals surface area contributed by atoms with Crippen LogP contribution >= 0.6 is 0 Å². The number of hydrogen-bond donors (Lipinski definition) is 1. The van der Waals surface area contributed by atoms with Crippen LogP contribution in [-0.2, 0) is 10.0 Å². The Kier molecular flexibility index (Phi) is 7.30. The fourth-order valence-electron chi connectivity index (χ4n) is 4.55. The molecular weight excluding hydrogens is 468 g/mol. The predicted octanol–water partition coefficient (Wildman–Crippen LogP) is 2.63. The van der Waals surface area contributed by atoms with E-state index in [0.717, 1.165) is 18.7 Å². The highest BCUT2D eigenvalue weighted by atomic mass is 32.2. The molecule has 11 heteroatoms. The minimum Gasteiger partial charge on any atom is -0.493 e. The number of benzene rings is 1. The van der Waals surface area contributed by atoms with Gasteiger partial charge in [-0.2, -0.15) is 4.31 Å². The van der Waals surface area contributed by atoms with Crippen LogP contribution in [0.3, 0.4) is 0 Å². The first-order chi connectivity index (χ1) is 16.7. The maximum absolute atomic E-state index is 13.4. The van der Waals surface area contributed by atoms with Crippen molar-refractivity contribution in [2.75, 3.05) is 39.8 Å². The molecule has 35 heavy (non-hydrogen) atoms. The molecule has 0 spiro atoms. The van der Waals surface area contributed by atoms with E-state index in [1.54, 1.807) is 29.6 Å². The molecule has 0 bridgehead atoms. The number of imidazole rings is 1. The number of aryl methyl sites for hydroxylation is 1. The first-order valence-corrected chi connectivity index (χ1v) is 13.6. The number of sulfonamides is 1. The molecule has 1 N–H and O–H groups in total. The first-order valence-electron chi connectivity index (χ1n) is 12.2. The average Bonchev–Trinajstić information content (AvgIpc) is 3.17. The minimum atomic E-state index is -3.71. The molecular formula is C24H34N6O4S. The Morgan fingerprint density at radius 1 is 1.11 bits per heavy atom. The van der Waals surface area contributed by atoms with E-state index in [1.165, 1.54) is 4.31 Å². The molecule has 0 atom stereocenters. The number of aromatic amines is 1. The van der Waals surface area contributed by atoms with Crippen LogP contribution in [-0.4, -0.2) is 77.0 Å². The molecule has 3 aromatic rings. The van der Waals surface area contributed by atoms with Gasteiger partial charge in [0.25, 0.3) is 5.56 Å². The zero-order chi connectivity index (χ0) is 25.3. The Balaban J connectivity index is 1.87. The average molecular weight is 503 g/mol. The molecule has 4 rings (SSSR count). The van der Waals surface area contributed by atoms with E-state index in [-0.39, 0.29) is 22.2 Å². The summed E-state index contributed by atoms with van der Waals surface area (Å²) in [5.41, 5.74) is 1.10. The summed E-state index contributed by atoms with van der Waals surface area (Å²) < 4.78 is 35.7. The molecule has 3 heterocycles. The summed E-state index contributed by atoms with van der Waals surface area (Å²) in [5, 5.41) is 4.74. The maximum atomic E-state index is 13.4. The molecule has 0 amide bonds. The van der Waals surface area contributed by atoms with E-state index in [4.69, 9.17) is 9.84 Å². The van der Waals surface area contributed by atoms with Gasteiger partial charge in [-0.05, 0) is 51.9 Å². The summed E-state index contributed by atoms with van der Waals surface area (Å²) in [6.45, 7) is 10.4. The second-order valence-corrected chi connectivity index (χ2v) is 10.9. The van der Waals surface area contributed by atoms with Gasteiger partial charge in [0.05, 0.1) is 22.8 Å². The van der Waals surface area contributed by atoms with Crippen LogP contribution in [0.1, 0.15) is 51.0 Å². The van der Waals surface area contributed by atoms with Crippen molar-refractivity contribution in [2.45, 2.75) is 51.3 Å². The fraction of sp³-hybridized carbons (Fsp3) is 0.542. The molecule has 1 fully saturated rings. The second-order valence-electron chi connectivity index (χ2n) is 8.93. The van der Waals surface area contributed by atoms with Gasteiger partial charge >= 0.3 is 0 Å². The molecule has 1 aromatic carbocycles. The third kappa shape index (κ3) is 4.72. The number of fused-ring (bicyclic) bond motifs is 1. The Labute approximate surface area is 206 Å². The molecule has 2 aromatic heterocycles. The first kappa shape index (κ1) is 25.3. The van der Waals surface area contributed by atoms with Crippen LogP contribution in [0.25, 0.3) is 16.9 Å². The summed E-state index contributed by atoms with van der Waals surface area (Å²) in [6.07, 6.45) is 1.73. The van der Waals surface area contributed by atoms with Crippen LogP contribution in [0, 0.1) is 6.92 Å². The van der Waals surface area contributed by atoms with Crippen molar-refractivity contribution in [3.8, 4) is 17.1 Å². The fourth-order valence-corrected chi connectivity index (χ4v) is 6.00. The van der Waals surface area contributed by atoms with E-state index < -0.39 is 10.0 Å². The molecule has 1 saturated heterocycles. The molecule has 1 aliphatic rings. The van der Waals surface area contributed by atoms with Gasteiger partial charge in [-0.1, -0.05) is 13.8 Å². The lowest BCUT2D eigenvalue weighted by atomic mass is 10.0. The lowest BCUT2D eigenvalue weighted by Gasteiger charge is -2.31. The van der Waals surface area contributed by atoms with E-state index in [2.05, 4.69) is 28.7 Å². The van der Waals surface area contributed by atoms with Gasteiger partial charge in [-0.3, -0.25) is 4.79 Å². The monoisotopic (exact) mass is 502 g/mol. The number of nitrogens with one attached hydrogen (secondary N) is 1. The summed E-state index contributed by atoms with van der Waals surface area (Å²) >= 11 is 0. The zero-order valence-electron chi connectivity index (χ0n) is 21.0. The Bertz CT molecular complexity index is 1370. The topological polar surface area (TPSA) is 113 Å². The molecule has 1 aliphatic heterocycles. The number of nitrogens with zero attached hydrogens (tertiary/aromatic N) is 5. The zero-order valence-corrected chi connectivity index (χ0v) is 21.9. The molecule has 10 nitrogen and oxygen atoms in total. The molecule has 0 aliphatic carbocycles. The van der Waals surface area contributed by atoms with Crippen molar-refractivity contribution < 1.29 is 13.2 Å². The van der Waals surface area contributed by atoms with E-state index in [1.807, 2.05) is 14.0 Å². The highest BCUT2D eigenvalue weighted by Crippen LogP contribution is 2.32. The molecule has 0 unspecified atom stereocenters. The molecule has 190 valence electrons. The van der Waals surface area contributed by atoms with Crippen LogP contribution in [0.4, 0.5) is 0 Å². The van der Waals surface area contributed by atoms with Gasteiger partial charge in [-0.25, -0.2) is 17.9 Å². The van der Waals surface area contributed by atoms with Gasteiger partial charge in [-0.15, -0.1) is 5.10 Å². The van der Waals surface area contributed by atoms with Gasteiger partial charge < -0.3 is 14.6 Å².